The molecule has 0 unspecified atom stereocenters. The number of hydrogen-bond acceptors (Lipinski definition) is 4. The summed E-state index contributed by atoms with van der Waals surface area (Å²) in [5.41, 5.74) is 0. The molecule has 0 aliphatic rings. The van der Waals surface area contributed by atoms with E-state index in [2.05, 4.69) is 9.51 Å². The lowest BCUT2D eigenvalue weighted by Crippen LogP contribution is -2.08. The van der Waals surface area contributed by atoms with Gasteiger partial charge in [-0.3, -0.25) is 0 Å². The van der Waals surface area contributed by atoms with Crippen LogP contribution in [0.15, 0.2) is 9.32 Å². The highest BCUT2D eigenvalue weighted by Gasteiger charge is 2.08. The van der Waals surface area contributed by atoms with E-state index in [1.54, 1.807) is 0 Å². The van der Waals surface area contributed by atoms with Gasteiger partial charge in [0.2, 0.25) is 0 Å². The average molecular weight is 144 g/mol. The molecule has 0 bridgehead atoms. The Labute approximate surface area is 54.7 Å². The van der Waals surface area contributed by atoms with Gasteiger partial charge in [-0.25, -0.2) is 9.59 Å². The summed E-state index contributed by atoms with van der Waals surface area (Å²) in [5.74, 6) is -0.877. The van der Waals surface area contributed by atoms with E-state index in [1.165, 1.54) is 6.92 Å². The quantitative estimate of drug-likeness (QED) is 0.538. The van der Waals surface area contributed by atoms with Crippen LogP contribution in [0.2, 0.25) is 0 Å². The van der Waals surface area contributed by atoms with Crippen molar-refractivity contribution in [2.45, 2.75) is 6.92 Å². The minimum absolute atomic E-state index is 0.0255. The summed E-state index contributed by atoms with van der Waals surface area (Å²) in [6, 6.07) is 0. The predicted molar refractivity (Wildman–Crippen MR) is 28.9 cm³/mol. The van der Waals surface area contributed by atoms with E-state index < -0.39 is 11.8 Å². The van der Waals surface area contributed by atoms with Gasteiger partial charge in [0.15, 0.2) is 5.82 Å². The monoisotopic (exact) mass is 144 g/mol. The summed E-state index contributed by atoms with van der Waals surface area (Å²) < 4.78 is 4.53. The zero-order chi connectivity index (χ0) is 7.72. The molecule has 0 spiro atoms. The third-order valence-electron chi connectivity index (χ3n) is 0.890. The van der Waals surface area contributed by atoms with Gasteiger partial charge in [-0.05, 0) is 6.92 Å². The number of aromatic nitrogens is 2. The molecule has 1 N–H and O–H groups in total. The number of hydrogen-bond donors (Lipinski definition) is 1. The van der Waals surface area contributed by atoms with Crippen LogP contribution in [0.1, 0.15) is 5.82 Å². The highest BCUT2D eigenvalue weighted by atomic mass is 16.6. The standard InChI is InChI=1S/C4H4N2O4/c1-2-5-3(7)10-6(2)4(8)9/h1H3,(H,8,9). The molecule has 0 fully saturated rings. The van der Waals surface area contributed by atoms with Gasteiger partial charge in [0.25, 0.3) is 0 Å². The van der Waals surface area contributed by atoms with Crippen LogP contribution in [0, 0.1) is 6.92 Å². The minimum Gasteiger partial charge on any atom is -0.463 e. The zero-order valence-electron chi connectivity index (χ0n) is 5.07. The Morgan fingerprint density at radius 3 is 2.60 bits per heavy atom. The van der Waals surface area contributed by atoms with Crippen LogP contribution in [-0.2, 0) is 0 Å². The van der Waals surface area contributed by atoms with Crippen molar-refractivity contribution >= 4 is 6.09 Å². The molecular formula is C4H4N2O4. The summed E-state index contributed by atoms with van der Waals surface area (Å²) in [5, 5.41) is 8.27. The molecule has 0 aliphatic carbocycles. The lowest BCUT2D eigenvalue weighted by molar-refractivity contribution is 0.158. The maximum Gasteiger partial charge on any atom is 0.460 e. The SMILES string of the molecule is Cc1nc(=O)on1C(=O)O. The maximum absolute atomic E-state index is 10.3. The van der Waals surface area contributed by atoms with Crippen molar-refractivity contribution in [3.8, 4) is 0 Å². The van der Waals surface area contributed by atoms with Crippen LogP contribution >= 0.6 is 0 Å². The number of nitrogens with zero attached hydrogens (tertiary/aromatic N) is 2. The Balaban J connectivity index is 3.28. The summed E-state index contributed by atoms with van der Waals surface area (Å²) in [7, 11) is 0. The van der Waals surface area contributed by atoms with Crippen LogP contribution in [-0.4, -0.2) is 20.9 Å². The van der Waals surface area contributed by atoms with E-state index >= 15 is 0 Å². The van der Waals surface area contributed by atoms with Crippen molar-refractivity contribution in [3.63, 3.8) is 0 Å². The molecule has 10 heavy (non-hydrogen) atoms. The first-order chi connectivity index (χ1) is 4.61. The summed E-state index contributed by atoms with van der Waals surface area (Å²) in [4.78, 5) is 23.6. The molecule has 0 atom stereocenters. The first kappa shape index (κ1) is 6.53. The summed E-state index contributed by atoms with van der Waals surface area (Å²) >= 11 is 0. The van der Waals surface area contributed by atoms with Crippen LogP contribution in [0.4, 0.5) is 4.79 Å². The normalized spacial score (nSPS) is 9.70. The fourth-order valence-corrected chi connectivity index (χ4v) is 0.520. The summed E-state index contributed by atoms with van der Waals surface area (Å²) in [6.45, 7) is 1.36. The molecule has 0 radical (unpaired) electrons. The molecule has 0 amide bonds. The van der Waals surface area contributed by atoms with Crippen molar-refractivity contribution in [2.24, 2.45) is 0 Å². The van der Waals surface area contributed by atoms with Crippen LogP contribution < -0.4 is 5.76 Å². The largest absolute Gasteiger partial charge is 0.463 e. The van der Waals surface area contributed by atoms with Gasteiger partial charge in [0.1, 0.15) is 0 Å². The molecule has 6 heteroatoms. The Hall–Kier alpha value is -1.59. The molecule has 1 rings (SSSR count). The smallest absolute Gasteiger partial charge is 0.460 e. The molecule has 1 aromatic rings. The van der Waals surface area contributed by atoms with Crippen LogP contribution in [0.3, 0.4) is 0 Å². The molecule has 0 aliphatic heterocycles. The molecule has 0 aromatic carbocycles. The van der Waals surface area contributed by atoms with Gasteiger partial charge in [-0.2, -0.15) is 4.98 Å². The first-order valence-corrected chi connectivity index (χ1v) is 2.41. The van der Waals surface area contributed by atoms with Crippen molar-refractivity contribution in [3.05, 3.63) is 16.4 Å². The maximum atomic E-state index is 10.3. The predicted octanol–water partition coefficient (Wildman–Crippen LogP) is -0.329. The zero-order valence-corrected chi connectivity index (χ0v) is 5.07. The molecule has 54 valence electrons. The number of rotatable bonds is 0. The highest BCUT2D eigenvalue weighted by molar-refractivity contribution is 5.66. The molecule has 1 aromatic heterocycles. The second-order valence-corrected chi connectivity index (χ2v) is 1.59. The van der Waals surface area contributed by atoms with E-state index in [0.717, 1.165) is 0 Å². The Kier molecular flexibility index (Phi) is 1.29. The van der Waals surface area contributed by atoms with E-state index in [-0.39, 0.29) is 5.82 Å². The number of aryl methyl sites for hydroxylation is 1. The van der Waals surface area contributed by atoms with Crippen molar-refractivity contribution in [2.75, 3.05) is 0 Å². The first-order valence-electron chi connectivity index (χ1n) is 2.41. The number of carboxylic acid groups (broad SMARTS) is 1. The van der Waals surface area contributed by atoms with Crippen LogP contribution in [0.25, 0.3) is 0 Å². The lowest BCUT2D eigenvalue weighted by Gasteiger charge is -1.88. The fourth-order valence-electron chi connectivity index (χ4n) is 0.520. The molecule has 0 saturated heterocycles. The fraction of sp³-hybridized carbons (Fsp3) is 0.250. The van der Waals surface area contributed by atoms with Crippen molar-refractivity contribution < 1.29 is 14.4 Å². The van der Waals surface area contributed by atoms with Gasteiger partial charge in [-0.1, -0.05) is 4.74 Å². The molecule has 6 nitrogen and oxygen atoms in total. The van der Waals surface area contributed by atoms with E-state index in [0.29, 0.717) is 4.74 Å². The van der Waals surface area contributed by atoms with Gasteiger partial charge >= 0.3 is 11.8 Å². The third-order valence-corrected chi connectivity index (χ3v) is 0.890. The van der Waals surface area contributed by atoms with Crippen molar-refractivity contribution in [1.82, 2.24) is 9.72 Å². The van der Waals surface area contributed by atoms with Gasteiger partial charge in [-0.15, -0.1) is 0 Å². The van der Waals surface area contributed by atoms with Gasteiger partial charge in [0.05, 0.1) is 0 Å². The molecule has 0 saturated carbocycles. The lowest BCUT2D eigenvalue weighted by atomic mass is 10.7. The Bertz CT molecular complexity index is 309. The topological polar surface area (TPSA) is 85.3 Å². The van der Waals surface area contributed by atoms with E-state index in [4.69, 9.17) is 5.11 Å². The van der Waals surface area contributed by atoms with Crippen molar-refractivity contribution in [1.29, 1.82) is 0 Å². The van der Waals surface area contributed by atoms with Crippen LogP contribution in [0.5, 0.6) is 0 Å². The molecular weight excluding hydrogens is 140 g/mol. The number of carbonyl (C=O) groups is 1. The second kappa shape index (κ2) is 1.98. The summed E-state index contributed by atoms with van der Waals surface area (Å²) in [6.07, 6.45) is -1.35. The highest BCUT2D eigenvalue weighted by Crippen LogP contribution is 1.88. The molecule has 1 heterocycles. The Morgan fingerprint density at radius 1 is 1.80 bits per heavy atom. The average Bonchev–Trinajstić information content (AvgIpc) is 2.10. The van der Waals surface area contributed by atoms with Gasteiger partial charge in [0, 0.05) is 0 Å². The Morgan fingerprint density at radius 2 is 2.40 bits per heavy atom. The third kappa shape index (κ3) is 0.903. The second-order valence-electron chi connectivity index (χ2n) is 1.59. The minimum atomic E-state index is -1.35. The van der Waals surface area contributed by atoms with Gasteiger partial charge < -0.3 is 9.63 Å². The van der Waals surface area contributed by atoms with E-state index in [1.807, 2.05) is 0 Å². The van der Waals surface area contributed by atoms with E-state index in [9.17, 15) is 9.59 Å².